The van der Waals surface area contributed by atoms with Gasteiger partial charge in [0.25, 0.3) is 5.69 Å². The number of aromatic nitrogens is 1. The number of nitro benzene ring substituents is 1. The Morgan fingerprint density at radius 3 is 2.43 bits per heavy atom. The molecule has 0 saturated carbocycles. The summed E-state index contributed by atoms with van der Waals surface area (Å²) in [6.07, 6.45) is 0. The van der Waals surface area contributed by atoms with E-state index in [4.69, 9.17) is 9.73 Å². The molecule has 0 aliphatic carbocycles. The highest BCUT2D eigenvalue weighted by molar-refractivity contribution is 8.93. The van der Waals surface area contributed by atoms with Crippen LogP contribution >= 0.6 is 28.3 Å². The minimum absolute atomic E-state index is 0. The third-order valence-corrected chi connectivity index (χ3v) is 5.71. The summed E-state index contributed by atoms with van der Waals surface area (Å²) < 4.78 is 7.64. The van der Waals surface area contributed by atoms with Crippen LogP contribution < -0.4 is 9.81 Å². The predicted molar refractivity (Wildman–Crippen MR) is 125 cm³/mol. The highest BCUT2D eigenvalue weighted by Crippen LogP contribution is 2.25. The quantitative estimate of drug-likeness (QED) is 0.398. The number of rotatable bonds is 4. The lowest BCUT2D eigenvalue weighted by Gasteiger charge is -2.31. The number of thiazole rings is 1. The minimum atomic E-state index is -0.381. The van der Waals surface area contributed by atoms with Crippen molar-refractivity contribution in [1.29, 1.82) is 0 Å². The standard InChI is InChI=1S/C21H22N4O3S.BrH/c1-15-3-8-19(16(2)13-15)22-21-24(23-9-11-28-12-10-23)20(14-29-21)17-4-6-18(7-5-17)25(26)27;/h3-8,13-14H,9-12H2,1-2H3;1H. The first kappa shape index (κ1) is 22.2. The molecule has 3 aromatic rings. The Morgan fingerprint density at radius 1 is 1.10 bits per heavy atom. The summed E-state index contributed by atoms with van der Waals surface area (Å²) in [5, 5.41) is 15.3. The summed E-state index contributed by atoms with van der Waals surface area (Å²) >= 11 is 1.56. The Kier molecular flexibility index (Phi) is 7.06. The van der Waals surface area contributed by atoms with Gasteiger partial charge in [0.1, 0.15) is 0 Å². The van der Waals surface area contributed by atoms with E-state index in [1.165, 1.54) is 17.7 Å². The second-order valence-corrected chi connectivity index (χ2v) is 7.82. The Morgan fingerprint density at radius 2 is 1.80 bits per heavy atom. The number of halogens is 1. The zero-order chi connectivity index (χ0) is 20.4. The second-order valence-electron chi connectivity index (χ2n) is 6.99. The Balaban J connectivity index is 0.00000256. The van der Waals surface area contributed by atoms with Crippen LogP contribution in [0.25, 0.3) is 11.3 Å². The van der Waals surface area contributed by atoms with Crippen molar-refractivity contribution in [2.45, 2.75) is 13.8 Å². The largest absolute Gasteiger partial charge is 0.378 e. The molecule has 1 aliphatic rings. The molecule has 0 amide bonds. The molecule has 9 heteroatoms. The van der Waals surface area contributed by atoms with Crippen LogP contribution in [-0.4, -0.2) is 35.9 Å². The number of hydrogen-bond acceptors (Lipinski definition) is 6. The molecule has 2 heterocycles. The third-order valence-electron chi connectivity index (χ3n) is 4.90. The SMILES string of the molecule is Br.Cc1ccc(N=c2scc(-c3ccc([N+](=O)[O-])cc3)n2N2CCOCC2)c(C)c1. The first-order chi connectivity index (χ1) is 14.0. The molecule has 1 aromatic heterocycles. The van der Waals surface area contributed by atoms with Crippen LogP contribution in [0.15, 0.2) is 52.8 Å². The Labute approximate surface area is 189 Å². The van der Waals surface area contributed by atoms with Crippen LogP contribution in [0.2, 0.25) is 0 Å². The fourth-order valence-electron chi connectivity index (χ4n) is 3.39. The number of hydrogen-bond donors (Lipinski definition) is 0. The first-order valence-electron chi connectivity index (χ1n) is 9.43. The van der Waals surface area contributed by atoms with Gasteiger partial charge in [0, 0.05) is 23.1 Å². The molecule has 2 aromatic carbocycles. The molecule has 158 valence electrons. The van der Waals surface area contributed by atoms with E-state index >= 15 is 0 Å². The van der Waals surface area contributed by atoms with E-state index in [0.717, 1.165) is 40.4 Å². The van der Waals surface area contributed by atoms with E-state index in [-0.39, 0.29) is 27.6 Å². The molecule has 1 aliphatic heterocycles. The van der Waals surface area contributed by atoms with Crippen molar-refractivity contribution in [3.63, 3.8) is 0 Å². The van der Waals surface area contributed by atoms with Gasteiger partial charge in [0.15, 0.2) is 0 Å². The number of ether oxygens (including phenoxy) is 1. The highest BCUT2D eigenvalue weighted by Gasteiger charge is 2.18. The van der Waals surface area contributed by atoms with Crippen molar-refractivity contribution in [1.82, 2.24) is 4.68 Å². The topological polar surface area (TPSA) is 72.9 Å². The summed E-state index contributed by atoms with van der Waals surface area (Å²) in [5.74, 6) is 0. The predicted octanol–water partition coefficient (Wildman–Crippen LogP) is 4.52. The van der Waals surface area contributed by atoms with Gasteiger partial charge < -0.3 is 9.75 Å². The van der Waals surface area contributed by atoms with Gasteiger partial charge in [-0.25, -0.2) is 9.67 Å². The van der Waals surface area contributed by atoms with Gasteiger partial charge in [0.05, 0.1) is 42.6 Å². The zero-order valence-electron chi connectivity index (χ0n) is 16.8. The van der Waals surface area contributed by atoms with Crippen molar-refractivity contribution < 1.29 is 9.66 Å². The van der Waals surface area contributed by atoms with Gasteiger partial charge in [0.2, 0.25) is 4.80 Å². The number of benzene rings is 2. The minimum Gasteiger partial charge on any atom is -0.378 e. The van der Waals surface area contributed by atoms with E-state index < -0.39 is 0 Å². The molecule has 7 nitrogen and oxygen atoms in total. The van der Waals surface area contributed by atoms with Crippen molar-refractivity contribution in [3.05, 3.63) is 73.9 Å². The lowest BCUT2D eigenvalue weighted by atomic mass is 10.1. The molecular weight excluding hydrogens is 468 g/mol. The first-order valence-corrected chi connectivity index (χ1v) is 10.3. The maximum Gasteiger partial charge on any atom is 0.269 e. The maximum atomic E-state index is 11.0. The molecule has 1 saturated heterocycles. The number of non-ortho nitro benzene ring substituents is 1. The number of morpholine rings is 1. The van der Waals surface area contributed by atoms with E-state index in [2.05, 4.69) is 41.0 Å². The molecule has 0 bridgehead atoms. The van der Waals surface area contributed by atoms with Crippen LogP contribution in [0, 0.1) is 24.0 Å². The lowest BCUT2D eigenvalue weighted by Crippen LogP contribution is -2.48. The lowest BCUT2D eigenvalue weighted by molar-refractivity contribution is -0.384. The number of nitro groups is 1. The van der Waals surface area contributed by atoms with E-state index in [1.54, 1.807) is 23.5 Å². The molecule has 1 fully saturated rings. The fraction of sp³-hybridized carbons (Fsp3) is 0.286. The van der Waals surface area contributed by atoms with E-state index in [9.17, 15) is 10.1 Å². The van der Waals surface area contributed by atoms with Crippen LogP contribution in [0.4, 0.5) is 11.4 Å². The summed E-state index contributed by atoms with van der Waals surface area (Å²) in [5.41, 5.74) is 5.25. The van der Waals surface area contributed by atoms with Crippen molar-refractivity contribution in [2.24, 2.45) is 4.99 Å². The van der Waals surface area contributed by atoms with Gasteiger partial charge in [-0.05, 0) is 37.6 Å². The van der Waals surface area contributed by atoms with Crippen molar-refractivity contribution >= 4 is 39.7 Å². The molecule has 0 unspecified atom stereocenters. The van der Waals surface area contributed by atoms with Crippen molar-refractivity contribution in [2.75, 3.05) is 31.3 Å². The van der Waals surface area contributed by atoms with Crippen LogP contribution in [0.1, 0.15) is 11.1 Å². The highest BCUT2D eigenvalue weighted by atomic mass is 79.9. The van der Waals surface area contributed by atoms with E-state index in [1.807, 2.05) is 6.07 Å². The molecule has 4 rings (SSSR count). The average Bonchev–Trinajstić information content (AvgIpc) is 3.14. The number of aryl methyl sites for hydroxylation is 2. The third kappa shape index (κ3) is 4.63. The van der Waals surface area contributed by atoms with Crippen LogP contribution in [0.3, 0.4) is 0 Å². The summed E-state index contributed by atoms with van der Waals surface area (Å²) in [6, 6.07) is 12.9. The summed E-state index contributed by atoms with van der Waals surface area (Å²) in [7, 11) is 0. The van der Waals surface area contributed by atoms with Crippen LogP contribution in [-0.2, 0) is 4.74 Å². The number of nitrogens with zero attached hydrogens (tertiary/aromatic N) is 4. The maximum absolute atomic E-state index is 11.0. The van der Waals surface area contributed by atoms with Crippen LogP contribution in [0.5, 0.6) is 0 Å². The molecule has 0 spiro atoms. The van der Waals surface area contributed by atoms with Gasteiger partial charge in [-0.3, -0.25) is 10.1 Å². The van der Waals surface area contributed by atoms with Gasteiger partial charge in [-0.1, -0.05) is 17.7 Å². The molecule has 0 radical (unpaired) electrons. The fourth-order valence-corrected chi connectivity index (χ4v) is 4.31. The monoisotopic (exact) mass is 490 g/mol. The van der Waals surface area contributed by atoms with Gasteiger partial charge in [-0.2, -0.15) is 0 Å². The Hall–Kier alpha value is -2.49. The molecule has 0 atom stereocenters. The average molecular weight is 491 g/mol. The smallest absolute Gasteiger partial charge is 0.269 e. The molecule has 30 heavy (non-hydrogen) atoms. The summed E-state index contributed by atoms with van der Waals surface area (Å²) in [4.78, 5) is 16.4. The molecular formula is C21H23BrN4O3S. The summed E-state index contributed by atoms with van der Waals surface area (Å²) in [6.45, 7) is 6.98. The van der Waals surface area contributed by atoms with Gasteiger partial charge >= 0.3 is 0 Å². The molecule has 0 N–H and O–H groups in total. The van der Waals surface area contributed by atoms with E-state index in [0.29, 0.717) is 13.2 Å². The normalized spacial score (nSPS) is 14.5. The Bertz CT molecular complexity index is 1100. The van der Waals surface area contributed by atoms with Crippen molar-refractivity contribution in [3.8, 4) is 11.3 Å². The van der Waals surface area contributed by atoms with Gasteiger partial charge in [-0.15, -0.1) is 28.3 Å². The second kappa shape index (κ2) is 9.55. The zero-order valence-corrected chi connectivity index (χ0v) is 19.3.